The van der Waals surface area contributed by atoms with Gasteiger partial charge in [-0.05, 0) is 31.2 Å². The van der Waals surface area contributed by atoms with E-state index in [9.17, 15) is 4.39 Å². The molecule has 1 heterocycles. The van der Waals surface area contributed by atoms with Crippen molar-refractivity contribution >= 4 is 29.9 Å². The number of aromatic nitrogens is 2. The number of halogens is 2. The molecule has 0 bridgehead atoms. The van der Waals surface area contributed by atoms with Gasteiger partial charge in [0, 0.05) is 32.4 Å². The molecule has 1 unspecified atom stereocenters. The minimum atomic E-state index is -0.275. The highest BCUT2D eigenvalue weighted by Crippen LogP contribution is 2.12. The molecule has 1 aromatic heterocycles. The predicted octanol–water partition coefficient (Wildman–Crippen LogP) is 2.31. The van der Waals surface area contributed by atoms with Gasteiger partial charge in [0.25, 0.3) is 0 Å². The zero-order valence-corrected chi connectivity index (χ0v) is 16.3. The van der Waals surface area contributed by atoms with E-state index in [0.717, 1.165) is 5.56 Å². The van der Waals surface area contributed by atoms with E-state index >= 15 is 0 Å². The molecule has 0 amide bonds. The van der Waals surface area contributed by atoms with E-state index in [1.54, 1.807) is 30.1 Å². The molecule has 2 aromatic rings. The Morgan fingerprint density at radius 3 is 2.62 bits per heavy atom. The molecule has 8 heteroatoms. The van der Waals surface area contributed by atoms with Crippen LogP contribution in [0.1, 0.15) is 12.5 Å². The summed E-state index contributed by atoms with van der Waals surface area (Å²) in [6.45, 7) is 3.15. The molecule has 2 N–H and O–H groups in total. The van der Waals surface area contributed by atoms with Crippen LogP contribution >= 0.6 is 24.0 Å². The second-order valence-electron chi connectivity index (χ2n) is 5.21. The zero-order valence-electron chi connectivity index (χ0n) is 14.0. The SMILES string of the molecule is CN=C(NCc1cnn(C)c1)NCC(C)Oc1ccc(F)cc1.I. The van der Waals surface area contributed by atoms with Gasteiger partial charge in [-0.3, -0.25) is 9.67 Å². The van der Waals surface area contributed by atoms with E-state index < -0.39 is 0 Å². The van der Waals surface area contributed by atoms with Crippen molar-refractivity contribution in [2.45, 2.75) is 19.6 Å². The van der Waals surface area contributed by atoms with Gasteiger partial charge in [0.05, 0.1) is 12.7 Å². The number of guanidine groups is 1. The first kappa shape index (κ1) is 20.2. The van der Waals surface area contributed by atoms with Crippen molar-refractivity contribution in [3.05, 3.63) is 48.0 Å². The highest BCUT2D eigenvalue weighted by Gasteiger charge is 2.06. The topological polar surface area (TPSA) is 63.5 Å². The minimum absolute atomic E-state index is 0. The van der Waals surface area contributed by atoms with Gasteiger partial charge >= 0.3 is 0 Å². The summed E-state index contributed by atoms with van der Waals surface area (Å²) in [7, 11) is 3.59. The molecule has 0 saturated carbocycles. The number of benzene rings is 1. The fraction of sp³-hybridized carbons (Fsp3) is 0.375. The Morgan fingerprint density at radius 1 is 1.33 bits per heavy atom. The van der Waals surface area contributed by atoms with Crippen molar-refractivity contribution < 1.29 is 9.13 Å². The lowest BCUT2D eigenvalue weighted by molar-refractivity contribution is 0.223. The number of rotatable bonds is 6. The molecule has 24 heavy (non-hydrogen) atoms. The fourth-order valence-corrected chi connectivity index (χ4v) is 2.00. The predicted molar refractivity (Wildman–Crippen MR) is 103 cm³/mol. The van der Waals surface area contributed by atoms with Gasteiger partial charge in [0.15, 0.2) is 5.96 Å². The Bertz CT molecular complexity index is 644. The molecule has 132 valence electrons. The second-order valence-corrected chi connectivity index (χ2v) is 5.21. The summed E-state index contributed by atoms with van der Waals surface area (Å²) in [6, 6.07) is 5.98. The number of nitrogens with zero attached hydrogens (tertiary/aromatic N) is 3. The number of aryl methyl sites for hydroxylation is 1. The van der Waals surface area contributed by atoms with E-state index in [-0.39, 0.29) is 35.9 Å². The van der Waals surface area contributed by atoms with Crippen molar-refractivity contribution in [1.82, 2.24) is 20.4 Å². The van der Waals surface area contributed by atoms with E-state index in [0.29, 0.717) is 24.8 Å². The van der Waals surface area contributed by atoms with Crippen molar-refractivity contribution in [2.75, 3.05) is 13.6 Å². The molecule has 0 spiro atoms. The number of hydrogen-bond acceptors (Lipinski definition) is 3. The van der Waals surface area contributed by atoms with Gasteiger partial charge in [-0.2, -0.15) is 5.10 Å². The molecule has 0 saturated heterocycles. The number of hydrogen-bond donors (Lipinski definition) is 2. The normalized spacial score (nSPS) is 12.2. The summed E-state index contributed by atoms with van der Waals surface area (Å²) < 4.78 is 20.3. The van der Waals surface area contributed by atoms with Crippen LogP contribution in [0, 0.1) is 5.82 Å². The van der Waals surface area contributed by atoms with Crippen LogP contribution in [0.3, 0.4) is 0 Å². The van der Waals surface area contributed by atoms with Crippen LogP contribution in [-0.2, 0) is 13.6 Å². The summed E-state index contributed by atoms with van der Waals surface area (Å²) in [6.07, 6.45) is 3.67. The molecule has 6 nitrogen and oxygen atoms in total. The lowest BCUT2D eigenvalue weighted by Gasteiger charge is -2.17. The molecule has 0 radical (unpaired) electrons. The lowest BCUT2D eigenvalue weighted by atomic mass is 10.3. The molecule has 0 aliphatic carbocycles. The molecule has 2 rings (SSSR count). The number of nitrogens with one attached hydrogen (secondary N) is 2. The Morgan fingerprint density at radius 2 is 2.04 bits per heavy atom. The summed E-state index contributed by atoms with van der Waals surface area (Å²) in [5.74, 6) is 1.05. The van der Waals surface area contributed by atoms with E-state index in [2.05, 4.69) is 20.7 Å². The summed E-state index contributed by atoms with van der Waals surface area (Å²) >= 11 is 0. The zero-order chi connectivity index (χ0) is 16.7. The van der Waals surface area contributed by atoms with E-state index in [1.165, 1.54) is 12.1 Å². The van der Waals surface area contributed by atoms with Gasteiger partial charge in [-0.1, -0.05) is 0 Å². The van der Waals surface area contributed by atoms with Crippen LogP contribution in [-0.4, -0.2) is 35.4 Å². The van der Waals surface area contributed by atoms with Crippen molar-refractivity contribution in [2.24, 2.45) is 12.0 Å². The Balaban J connectivity index is 0.00000288. The maximum absolute atomic E-state index is 12.9. The van der Waals surface area contributed by atoms with Gasteiger partial charge in [0.2, 0.25) is 0 Å². The third-order valence-corrected chi connectivity index (χ3v) is 3.15. The molecule has 1 atom stereocenters. The smallest absolute Gasteiger partial charge is 0.191 e. The highest BCUT2D eigenvalue weighted by atomic mass is 127. The number of ether oxygens (including phenoxy) is 1. The first-order valence-corrected chi connectivity index (χ1v) is 7.41. The quantitative estimate of drug-likeness (QED) is 0.406. The lowest BCUT2D eigenvalue weighted by Crippen LogP contribution is -2.41. The molecule has 0 aliphatic heterocycles. The third-order valence-electron chi connectivity index (χ3n) is 3.15. The molecular formula is C16H23FIN5O. The third kappa shape index (κ3) is 6.73. The van der Waals surface area contributed by atoms with Gasteiger partial charge in [0.1, 0.15) is 17.7 Å². The summed E-state index contributed by atoms with van der Waals surface area (Å²) in [5, 5.41) is 10.5. The Labute approximate surface area is 158 Å². The Kier molecular flexibility index (Phi) is 8.51. The van der Waals surface area contributed by atoms with Crippen molar-refractivity contribution in [1.29, 1.82) is 0 Å². The van der Waals surface area contributed by atoms with Gasteiger partial charge < -0.3 is 15.4 Å². The first-order valence-electron chi connectivity index (χ1n) is 7.41. The van der Waals surface area contributed by atoms with Crippen molar-refractivity contribution in [3.8, 4) is 5.75 Å². The van der Waals surface area contributed by atoms with Crippen LogP contribution in [0.15, 0.2) is 41.7 Å². The monoisotopic (exact) mass is 447 g/mol. The molecule has 0 fully saturated rings. The largest absolute Gasteiger partial charge is 0.489 e. The molecular weight excluding hydrogens is 424 g/mol. The average molecular weight is 447 g/mol. The Hall–Kier alpha value is -1.84. The van der Waals surface area contributed by atoms with Crippen LogP contribution in [0.5, 0.6) is 5.75 Å². The first-order chi connectivity index (χ1) is 11.1. The van der Waals surface area contributed by atoms with Gasteiger partial charge in [-0.25, -0.2) is 4.39 Å². The van der Waals surface area contributed by atoms with E-state index in [1.807, 2.05) is 20.2 Å². The van der Waals surface area contributed by atoms with Crippen LogP contribution in [0.4, 0.5) is 4.39 Å². The van der Waals surface area contributed by atoms with Crippen LogP contribution in [0.2, 0.25) is 0 Å². The molecule has 1 aromatic carbocycles. The highest BCUT2D eigenvalue weighted by molar-refractivity contribution is 14.0. The number of aliphatic imine (C=N–C) groups is 1. The summed E-state index contributed by atoms with van der Waals surface area (Å²) in [5.41, 5.74) is 1.08. The van der Waals surface area contributed by atoms with Crippen LogP contribution in [0.25, 0.3) is 0 Å². The van der Waals surface area contributed by atoms with E-state index in [4.69, 9.17) is 4.74 Å². The fourth-order valence-electron chi connectivity index (χ4n) is 2.00. The minimum Gasteiger partial charge on any atom is -0.489 e. The average Bonchev–Trinajstić information content (AvgIpc) is 2.95. The molecule has 0 aliphatic rings. The standard InChI is InChI=1S/C16H22FN5O.HI/c1-12(23-15-6-4-14(17)5-7-15)8-19-16(18-2)20-9-13-10-21-22(3)11-13;/h4-7,10-12H,8-9H2,1-3H3,(H2,18,19,20);1H. The second kappa shape index (κ2) is 10.1. The maximum atomic E-state index is 12.9. The van der Waals surface area contributed by atoms with Crippen molar-refractivity contribution in [3.63, 3.8) is 0 Å². The summed E-state index contributed by atoms with van der Waals surface area (Å²) in [4.78, 5) is 4.16. The van der Waals surface area contributed by atoms with Crippen LogP contribution < -0.4 is 15.4 Å². The maximum Gasteiger partial charge on any atom is 0.191 e. The van der Waals surface area contributed by atoms with Gasteiger partial charge in [-0.15, -0.1) is 24.0 Å².